The average Bonchev–Trinajstić information content (AvgIpc) is 3.20. The van der Waals surface area contributed by atoms with E-state index in [0.29, 0.717) is 22.1 Å². The summed E-state index contributed by atoms with van der Waals surface area (Å²) in [6.45, 7) is 0. The molecule has 2 N–H and O–H groups in total. The molecule has 4 aromatic rings. The van der Waals surface area contributed by atoms with Crippen LogP contribution in [0.4, 0.5) is 5.69 Å². The Labute approximate surface area is 161 Å². The number of anilines is 1. The second kappa shape index (κ2) is 7.43. The van der Waals surface area contributed by atoms with Crippen LogP contribution >= 0.6 is 11.6 Å². The second-order valence-corrected chi connectivity index (χ2v) is 6.34. The predicted octanol–water partition coefficient (Wildman–Crippen LogP) is 5.04. The molecule has 4 rings (SSSR count). The van der Waals surface area contributed by atoms with Crippen molar-refractivity contribution in [2.45, 2.75) is 0 Å². The van der Waals surface area contributed by atoms with Crippen molar-refractivity contribution < 1.29 is 4.79 Å². The molecule has 5 nitrogen and oxygen atoms in total. The van der Waals surface area contributed by atoms with Gasteiger partial charge in [0.05, 0.1) is 17.6 Å². The number of nitrogens with one attached hydrogen (secondary N) is 2. The van der Waals surface area contributed by atoms with Gasteiger partial charge in [0.25, 0.3) is 5.91 Å². The van der Waals surface area contributed by atoms with E-state index in [1.54, 1.807) is 18.5 Å². The van der Waals surface area contributed by atoms with Gasteiger partial charge in [-0.15, -0.1) is 0 Å². The Morgan fingerprint density at radius 1 is 0.926 bits per heavy atom. The van der Waals surface area contributed by atoms with Crippen molar-refractivity contribution in [1.82, 2.24) is 15.2 Å². The standard InChI is InChI=1S/C21H15ClN4O/c22-18-9-5-4-8-17(18)15-10-16(13-23-12-15)24-21(27)20-11-19(25-26-20)14-6-2-1-3-7-14/h1-13H,(H,24,27)(H,25,26). The van der Waals surface area contributed by atoms with Gasteiger partial charge in [0.1, 0.15) is 5.69 Å². The van der Waals surface area contributed by atoms with Crippen LogP contribution in [0.15, 0.2) is 79.1 Å². The molecule has 0 aliphatic carbocycles. The van der Waals surface area contributed by atoms with Crippen molar-refractivity contribution in [1.29, 1.82) is 0 Å². The van der Waals surface area contributed by atoms with E-state index in [2.05, 4.69) is 20.5 Å². The first kappa shape index (κ1) is 17.0. The minimum Gasteiger partial charge on any atom is -0.319 e. The first-order chi connectivity index (χ1) is 13.2. The summed E-state index contributed by atoms with van der Waals surface area (Å²) in [7, 11) is 0. The summed E-state index contributed by atoms with van der Waals surface area (Å²) in [6.07, 6.45) is 3.30. The predicted molar refractivity (Wildman–Crippen MR) is 107 cm³/mol. The highest BCUT2D eigenvalue weighted by atomic mass is 35.5. The Hall–Kier alpha value is -3.44. The van der Waals surface area contributed by atoms with E-state index in [-0.39, 0.29) is 5.91 Å². The number of carbonyl (C=O) groups excluding carboxylic acids is 1. The summed E-state index contributed by atoms with van der Waals surface area (Å²) < 4.78 is 0. The molecule has 0 aliphatic rings. The van der Waals surface area contributed by atoms with E-state index < -0.39 is 0 Å². The van der Waals surface area contributed by atoms with Gasteiger partial charge in [0.15, 0.2) is 0 Å². The molecule has 0 spiro atoms. The van der Waals surface area contributed by atoms with Crippen molar-refractivity contribution in [2.24, 2.45) is 0 Å². The minimum atomic E-state index is -0.289. The van der Waals surface area contributed by atoms with E-state index in [1.165, 1.54) is 0 Å². The fraction of sp³-hybridized carbons (Fsp3) is 0. The molecule has 1 amide bonds. The molecule has 2 aromatic carbocycles. The third-order valence-electron chi connectivity index (χ3n) is 4.07. The number of halogens is 1. The summed E-state index contributed by atoms with van der Waals surface area (Å²) in [4.78, 5) is 16.7. The number of nitrogens with zero attached hydrogens (tertiary/aromatic N) is 2. The normalized spacial score (nSPS) is 10.6. The summed E-state index contributed by atoms with van der Waals surface area (Å²) in [6, 6.07) is 20.7. The van der Waals surface area contributed by atoms with Crippen molar-refractivity contribution >= 4 is 23.2 Å². The fourth-order valence-electron chi connectivity index (χ4n) is 2.74. The van der Waals surface area contributed by atoms with E-state index in [1.807, 2.05) is 60.7 Å². The number of benzene rings is 2. The topological polar surface area (TPSA) is 70.7 Å². The van der Waals surface area contributed by atoms with Gasteiger partial charge >= 0.3 is 0 Å². The molecule has 0 bridgehead atoms. The van der Waals surface area contributed by atoms with Crippen LogP contribution in [0.3, 0.4) is 0 Å². The molecule has 132 valence electrons. The number of aromatic nitrogens is 3. The first-order valence-corrected chi connectivity index (χ1v) is 8.70. The van der Waals surface area contributed by atoms with Gasteiger partial charge in [0, 0.05) is 27.9 Å². The van der Waals surface area contributed by atoms with Crippen LogP contribution in [0, 0.1) is 0 Å². The number of pyridine rings is 1. The molecule has 0 radical (unpaired) electrons. The lowest BCUT2D eigenvalue weighted by Gasteiger charge is -2.07. The Morgan fingerprint density at radius 3 is 2.52 bits per heavy atom. The molecule has 6 heteroatoms. The van der Waals surface area contributed by atoms with Crippen LogP contribution in [0.25, 0.3) is 22.4 Å². The van der Waals surface area contributed by atoms with Gasteiger partial charge in [-0.25, -0.2) is 0 Å². The van der Waals surface area contributed by atoms with Gasteiger partial charge in [-0.3, -0.25) is 14.9 Å². The van der Waals surface area contributed by atoms with Crippen molar-refractivity contribution in [3.05, 3.63) is 89.8 Å². The van der Waals surface area contributed by atoms with Crippen LogP contribution < -0.4 is 5.32 Å². The molecule has 0 saturated carbocycles. The molecule has 0 atom stereocenters. The first-order valence-electron chi connectivity index (χ1n) is 8.33. The molecule has 0 unspecified atom stereocenters. The quantitative estimate of drug-likeness (QED) is 0.525. The number of amides is 1. The molecule has 0 fully saturated rings. The lowest BCUT2D eigenvalue weighted by molar-refractivity contribution is 0.102. The van der Waals surface area contributed by atoms with E-state index in [4.69, 9.17) is 11.6 Å². The lowest BCUT2D eigenvalue weighted by Crippen LogP contribution is -2.12. The number of hydrogen-bond acceptors (Lipinski definition) is 3. The highest BCUT2D eigenvalue weighted by Crippen LogP contribution is 2.28. The third-order valence-corrected chi connectivity index (χ3v) is 4.40. The van der Waals surface area contributed by atoms with Crippen LogP contribution in [-0.4, -0.2) is 21.1 Å². The fourth-order valence-corrected chi connectivity index (χ4v) is 2.99. The number of carbonyl (C=O) groups is 1. The monoisotopic (exact) mass is 374 g/mol. The molecule has 0 aliphatic heterocycles. The summed E-state index contributed by atoms with van der Waals surface area (Å²) in [5, 5.41) is 10.4. The SMILES string of the molecule is O=C(Nc1cncc(-c2ccccc2Cl)c1)c1cc(-c2ccccc2)n[nH]1. The van der Waals surface area contributed by atoms with Gasteiger partial charge in [0.2, 0.25) is 0 Å². The van der Waals surface area contributed by atoms with Gasteiger partial charge in [-0.2, -0.15) is 5.10 Å². The zero-order valence-electron chi connectivity index (χ0n) is 14.2. The zero-order valence-corrected chi connectivity index (χ0v) is 14.9. The summed E-state index contributed by atoms with van der Waals surface area (Å²) >= 11 is 6.25. The smallest absolute Gasteiger partial charge is 0.273 e. The van der Waals surface area contributed by atoms with Gasteiger partial charge in [-0.05, 0) is 18.2 Å². The molecule has 2 aromatic heterocycles. The van der Waals surface area contributed by atoms with Crippen molar-refractivity contribution in [3.8, 4) is 22.4 Å². The summed E-state index contributed by atoms with van der Waals surface area (Å²) in [5.74, 6) is -0.289. The van der Waals surface area contributed by atoms with Crippen LogP contribution in [0.1, 0.15) is 10.5 Å². The third kappa shape index (κ3) is 3.73. The largest absolute Gasteiger partial charge is 0.319 e. The highest BCUT2D eigenvalue weighted by molar-refractivity contribution is 6.33. The van der Waals surface area contributed by atoms with Crippen LogP contribution in [0.2, 0.25) is 5.02 Å². The van der Waals surface area contributed by atoms with Crippen LogP contribution in [0.5, 0.6) is 0 Å². The van der Waals surface area contributed by atoms with E-state index >= 15 is 0 Å². The molecule has 2 heterocycles. The summed E-state index contributed by atoms with van der Waals surface area (Å²) in [5.41, 5.74) is 4.29. The minimum absolute atomic E-state index is 0.289. The van der Waals surface area contributed by atoms with E-state index in [0.717, 1.165) is 16.7 Å². The number of rotatable bonds is 4. The average molecular weight is 375 g/mol. The highest BCUT2D eigenvalue weighted by Gasteiger charge is 2.12. The number of H-pyrrole nitrogens is 1. The Balaban J connectivity index is 1.55. The van der Waals surface area contributed by atoms with E-state index in [9.17, 15) is 4.79 Å². The number of hydrogen-bond donors (Lipinski definition) is 2. The van der Waals surface area contributed by atoms with Crippen molar-refractivity contribution in [2.75, 3.05) is 5.32 Å². The zero-order chi connectivity index (χ0) is 18.6. The van der Waals surface area contributed by atoms with Crippen LogP contribution in [-0.2, 0) is 0 Å². The Morgan fingerprint density at radius 2 is 1.70 bits per heavy atom. The second-order valence-electron chi connectivity index (χ2n) is 5.93. The maximum absolute atomic E-state index is 12.5. The number of aromatic amines is 1. The maximum atomic E-state index is 12.5. The lowest BCUT2D eigenvalue weighted by atomic mass is 10.1. The van der Waals surface area contributed by atoms with Gasteiger partial charge < -0.3 is 5.32 Å². The van der Waals surface area contributed by atoms with Crippen molar-refractivity contribution in [3.63, 3.8) is 0 Å². The molecule has 27 heavy (non-hydrogen) atoms. The molecular formula is C21H15ClN4O. The Bertz CT molecular complexity index is 1090. The van der Waals surface area contributed by atoms with Gasteiger partial charge in [-0.1, -0.05) is 60.1 Å². The maximum Gasteiger partial charge on any atom is 0.273 e. The Kier molecular flexibility index (Phi) is 4.68. The molecule has 0 saturated heterocycles. The molecular weight excluding hydrogens is 360 g/mol.